The summed E-state index contributed by atoms with van der Waals surface area (Å²) < 4.78 is 0. The monoisotopic (exact) mass is 384 g/mol. The van der Waals surface area contributed by atoms with E-state index in [1.54, 1.807) is 0 Å². The second-order valence-electron chi connectivity index (χ2n) is 8.32. The molecule has 0 radical (unpaired) electrons. The Morgan fingerprint density at radius 1 is 1.07 bits per heavy atom. The average molecular weight is 385 g/mol. The highest BCUT2D eigenvalue weighted by Gasteiger charge is 2.47. The minimum Gasteiger partial charge on any atom is -0.353 e. The number of rotatable bonds is 5. The third-order valence-corrected chi connectivity index (χ3v) is 6.58. The first-order valence-corrected chi connectivity index (χ1v) is 10.8. The molecule has 6 heteroatoms. The highest BCUT2D eigenvalue weighted by molar-refractivity contribution is 5.98. The number of hydrogen-bond donors (Lipinski definition) is 2. The summed E-state index contributed by atoms with van der Waals surface area (Å²) >= 11 is 0. The number of benzene rings is 1. The van der Waals surface area contributed by atoms with Crippen molar-refractivity contribution in [2.45, 2.75) is 44.2 Å². The summed E-state index contributed by atoms with van der Waals surface area (Å²) in [7, 11) is 0. The molecule has 2 aliphatic heterocycles. The number of nitrogens with zero attached hydrogens (tertiary/aromatic N) is 2. The zero-order valence-electron chi connectivity index (χ0n) is 16.6. The molecular weight excluding hydrogens is 352 g/mol. The Hall–Kier alpha value is -1.92. The minimum absolute atomic E-state index is 0.0113. The fourth-order valence-corrected chi connectivity index (χ4v) is 5.11. The Kier molecular flexibility index (Phi) is 6.27. The van der Waals surface area contributed by atoms with Gasteiger partial charge in [0.1, 0.15) is 6.04 Å². The number of amides is 2. The molecule has 2 N–H and O–H groups in total. The molecule has 0 spiro atoms. The summed E-state index contributed by atoms with van der Waals surface area (Å²) in [6.45, 7) is 5.61. The molecular formula is C22H32N4O2. The molecule has 3 fully saturated rings. The lowest BCUT2D eigenvalue weighted by atomic mass is 9.84. The lowest BCUT2D eigenvalue weighted by Gasteiger charge is -2.34. The summed E-state index contributed by atoms with van der Waals surface area (Å²) in [6.07, 6.45) is 5.33. The molecule has 152 valence electrons. The van der Waals surface area contributed by atoms with Crippen LogP contribution in [-0.2, 0) is 4.79 Å². The highest BCUT2D eigenvalue weighted by atomic mass is 16.2. The molecule has 1 aromatic carbocycles. The standard InChI is InChI=1S/C22H32N4O2/c27-21(24-12-15-25-13-10-23-11-14-25)20-16-18-8-4-5-9-19(18)26(20)22(28)17-6-2-1-3-7-17/h1-3,6-7,18-20,23H,4-5,8-16H2,(H,24,27). The molecule has 1 aromatic rings. The molecule has 6 nitrogen and oxygen atoms in total. The molecule has 3 atom stereocenters. The summed E-state index contributed by atoms with van der Waals surface area (Å²) in [5.74, 6) is 0.497. The van der Waals surface area contributed by atoms with E-state index >= 15 is 0 Å². The van der Waals surface area contributed by atoms with Gasteiger partial charge in [0.05, 0.1) is 0 Å². The number of fused-ring (bicyclic) bond motifs is 1. The van der Waals surface area contributed by atoms with E-state index in [4.69, 9.17) is 0 Å². The maximum atomic E-state index is 13.3. The van der Waals surface area contributed by atoms with Crippen molar-refractivity contribution in [1.82, 2.24) is 20.4 Å². The smallest absolute Gasteiger partial charge is 0.254 e. The number of carbonyl (C=O) groups is 2. The second-order valence-corrected chi connectivity index (χ2v) is 8.32. The Balaban J connectivity index is 1.42. The fourth-order valence-electron chi connectivity index (χ4n) is 5.11. The Bertz CT molecular complexity index is 674. The van der Waals surface area contributed by atoms with Crippen LogP contribution in [0.4, 0.5) is 0 Å². The molecule has 1 saturated carbocycles. The van der Waals surface area contributed by atoms with Gasteiger partial charge in [0.25, 0.3) is 5.91 Å². The number of piperazine rings is 1. The van der Waals surface area contributed by atoms with Gasteiger partial charge in [-0.2, -0.15) is 0 Å². The van der Waals surface area contributed by atoms with E-state index in [0.717, 1.165) is 58.4 Å². The Labute approximate surface area is 167 Å². The summed E-state index contributed by atoms with van der Waals surface area (Å²) in [4.78, 5) is 30.6. The fraction of sp³-hybridized carbons (Fsp3) is 0.636. The van der Waals surface area contributed by atoms with E-state index in [0.29, 0.717) is 18.0 Å². The van der Waals surface area contributed by atoms with Crippen LogP contribution >= 0.6 is 0 Å². The maximum absolute atomic E-state index is 13.3. The van der Waals surface area contributed by atoms with Crippen LogP contribution in [0.1, 0.15) is 42.5 Å². The van der Waals surface area contributed by atoms with Crippen LogP contribution in [0.15, 0.2) is 30.3 Å². The van der Waals surface area contributed by atoms with Crippen molar-refractivity contribution in [3.8, 4) is 0 Å². The topological polar surface area (TPSA) is 64.7 Å². The lowest BCUT2D eigenvalue weighted by Crippen LogP contribution is -2.51. The van der Waals surface area contributed by atoms with Gasteiger partial charge in [0.2, 0.25) is 5.91 Å². The van der Waals surface area contributed by atoms with Crippen molar-refractivity contribution in [3.63, 3.8) is 0 Å². The van der Waals surface area contributed by atoms with Crippen LogP contribution in [0.25, 0.3) is 0 Å². The van der Waals surface area contributed by atoms with Crippen LogP contribution in [0, 0.1) is 5.92 Å². The first-order chi connectivity index (χ1) is 13.7. The van der Waals surface area contributed by atoms with Crippen molar-refractivity contribution in [2.24, 2.45) is 5.92 Å². The quantitative estimate of drug-likeness (QED) is 0.807. The first-order valence-electron chi connectivity index (χ1n) is 10.8. The Morgan fingerprint density at radius 2 is 1.82 bits per heavy atom. The van der Waals surface area contributed by atoms with E-state index in [-0.39, 0.29) is 23.9 Å². The molecule has 2 heterocycles. The predicted molar refractivity (Wildman–Crippen MR) is 109 cm³/mol. The van der Waals surface area contributed by atoms with Gasteiger partial charge in [-0.05, 0) is 37.3 Å². The molecule has 3 unspecified atom stereocenters. The zero-order valence-corrected chi connectivity index (χ0v) is 16.6. The van der Waals surface area contributed by atoms with Crippen LogP contribution < -0.4 is 10.6 Å². The molecule has 2 saturated heterocycles. The Morgan fingerprint density at radius 3 is 2.61 bits per heavy atom. The van der Waals surface area contributed by atoms with E-state index in [9.17, 15) is 9.59 Å². The third kappa shape index (κ3) is 4.23. The van der Waals surface area contributed by atoms with Gasteiger partial charge in [-0.25, -0.2) is 0 Å². The van der Waals surface area contributed by atoms with Crippen molar-refractivity contribution in [1.29, 1.82) is 0 Å². The van der Waals surface area contributed by atoms with E-state index in [2.05, 4.69) is 15.5 Å². The van der Waals surface area contributed by atoms with E-state index in [1.165, 1.54) is 6.42 Å². The van der Waals surface area contributed by atoms with Crippen LogP contribution in [0.2, 0.25) is 0 Å². The molecule has 28 heavy (non-hydrogen) atoms. The van der Waals surface area contributed by atoms with E-state index in [1.807, 2.05) is 35.2 Å². The van der Waals surface area contributed by atoms with Gasteiger partial charge in [-0.1, -0.05) is 31.0 Å². The molecule has 2 amide bonds. The SMILES string of the molecule is O=C(NCCN1CCNCC1)C1CC2CCCCC2N1C(=O)c1ccccc1. The number of nitrogens with one attached hydrogen (secondary N) is 2. The number of hydrogen-bond acceptors (Lipinski definition) is 4. The largest absolute Gasteiger partial charge is 0.353 e. The van der Waals surface area contributed by atoms with Crippen molar-refractivity contribution >= 4 is 11.8 Å². The average Bonchev–Trinajstić information content (AvgIpc) is 3.14. The summed E-state index contributed by atoms with van der Waals surface area (Å²) in [5.41, 5.74) is 0.687. The first kappa shape index (κ1) is 19.4. The molecule has 1 aliphatic carbocycles. The lowest BCUT2D eigenvalue weighted by molar-refractivity contribution is -0.125. The molecule has 0 aromatic heterocycles. The third-order valence-electron chi connectivity index (χ3n) is 6.58. The molecule has 4 rings (SSSR count). The van der Waals surface area contributed by atoms with Crippen LogP contribution in [0.5, 0.6) is 0 Å². The normalized spacial score (nSPS) is 28.0. The molecule has 3 aliphatic rings. The van der Waals surface area contributed by atoms with Gasteiger partial charge >= 0.3 is 0 Å². The minimum atomic E-state index is -0.330. The van der Waals surface area contributed by atoms with Crippen molar-refractivity contribution in [3.05, 3.63) is 35.9 Å². The number of carbonyl (C=O) groups excluding carboxylic acids is 2. The van der Waals surface area contributed by atoms with Crippen LogP contribution in [-0.4, -0.2) is 73.0 Å². The maximum Gasteiger partial charge on any atom is 0.254 e. The van der Waals surface area contributed by atoms with Crippen LogP contribution in [0.3, 0.4) is 0 Å². The summed E-state index contributed by atoms with van der Waals surface area (Å²) in [5, 5.41) is 6.47. The molecule has 0 bridgehead atoms. The highest BCUT2D eigenvalue weighted by Crippen LogP contribution is 2.40. The van der Waals surface area contributed by atoms with Gasteiger partial charge in [-0.15, -0.1) is 0 Å². The number of likely N-dealkylation sites (tertiary alicyclic amines) is 1. The summed E-state index contributed by atoms with van der Waals surface area (Å²) in [6, 6.07) is 9.31. The van der Waals surface area contributed by atoms with E-state index < -0.39 is 0 Å². The predicted octanol–water partition coefficient (Wildman–Crippen LogP) is 1.48. The van der Waals surface area contributed by atoms with Crippen molar-refractivity contribution in [2.75, 3.05) is 39.3 Å². The van der Waals surface area contributed by atoms with Crippen molar-refractivity contribution < 1.29 is 9.59 Å². The van der Waals surface area contributed by atoms with Gasteiger partial charge in [0, 0.05) is 50.9 Å². The van der Waals surface area contributed by atoms with Gasteiger partial charge in [0.15, 0.2) is 0 Å². The van der Waals surface area contributed by atoms with Gasteiger partial charge < -0.3 is 15.5 Å². The zero-order chi connectivity index (χ0) is 19.3. The van der Waals surface area contributed by atoms with Gasteiger partial charge in [-0.3, -0.25) is 14.5 Å². The second kappa shape index (κ2) is 9.05.